The molecule has 0 amide bonds. The molecule has 0 aliphatic rings. The molecule has 1 aromatic heterocycles. The summed E-state index contributed by atoms with van der Waals surface area (Å²) in [6, 6.07) is 0. The van der Waals surface area contributed by atoms with E-state index in [4.69, 9.17) is 0 Å². The van der Waals surface area contributed by atoms with Gasteiger partial charge in [0.05, 0.1) is 14.1 Å². The highest BCUT2D eigenvalue weighted by atomic mass is 28.3. The number of hydrogen-bond acceptors (Lipinski definition) is 0. The van der Waals surface area contributed by atoms with Crippen LogP contribution >= 0.6 is 0 Å². The number of aromatic nitrogens is 2. The lowest BCUT2D eigenvalue weighted by atomic mass is 9.47. The number of imidazole rings is 1. The van der Waals surface area contributed by atoms with Crippen molar-refractivity contribution in [1.29, 1.82) is 0 Å². The van der Waals surface area contributed by atoms with Gasteiger partial charge in [0.2, 0.25) is 0 Å². The molecule has 0 bridgehead atoms. The third kappa shape index (κ3) is 2.73. The summed E-state index contributed by atoms with van der Waals surface area (Å²) in [5.74, 6) is 0.684. The van der Waals surface area contributed by atoms with E-state index in [0.717, 1.165) is 0 Å². The van der Waals surface area contributed by atoms with Crippen LogP contribution in [0.15, 0.2) is 12.4 Å². The van der Waals surface area contributed by atoms with Gasteiger partial charge in [-0.15, -0.1) is 27.6 Å². The Morgan fingerprint density at radius 2 is 1.78 bits per heavy atom. The van der Waals surface area contributed by atoms with Crippen molar-refractivity contribution in [3.8, 4) is 0 Å². The Balaban J connectivity index is 3.42. The Hall–Kier alpha value is -0.508. The van der Waals surface area contributed by atoms with E-state index in [1.54, 1.807) is 0 Å². The van der Waals surface area contributed by atoms with E-state index in [9.17, 15) is 0 Å². The number of hydrogen-bond donors (Lipinski definition) is 0. The molecule has 0 aliphatic heterocycles. The maximum absolute atomic E-state index is 2.49. The molecule has 103 valence electrons. The van der Waals surface area contributed by atoms with Crippen molar-refractivity contribution in [1.82, 2.24) is 4.57 Å². The molecule has 0 aliphatic carbocycles. The highest BCUT2D eigenvalue weighted by Crippen LogP contribution is 2.40. The predicted molar refractivity (Wildman–Crippen MR) is 84.2 cm³/mol. The molecule has 0 atom stereocenters. The minimum atomic E-state index is -1.29. The van der Waals surface area contributed by atoms with Gasteiger partial charge in [-0.2, -0.15) is 5.31 Å². The smallest absolute Gasteiger partial charge is 0.126 e. The molecule has 0 saturated carbocycles. The van der Waals surface area contributed by atoms with Gasteiger partial charge in [0.15, 0.2) is 0 Å². The number of nitrogens with zero attached hydrogens (tertiary/aromatic N) is 2. The Bertz CT molecular complexity index is 396. The second-order valence-corrected chi connectivity index (χ2v) is 13.0. The maximum atomic E-state index is 2.49. The monoisotopic (exact) mass is 265 g/mol. The van der Waals surface area contributed by atoms with Gasteiger partial charge in [0, 0.05) is 12.0 Å². The third-order valence-corrected chi connectivity index (χ3v) is 7.33. The average molecular weight is 265 g/mol. The van der Waals surface area contributed by atoms with E-state index < -0.39 is 7.94 Å². The minimum Gasteiger partial charge on any atom is -0.277 e. The van der Waals surface area contributed by atoms with Crippen LogP contribution in [0.3, 0.4) is 0 Å². The first-order chi connectivity index (χ1) is 7.99. The Kier molecular flexibility index (Phi) is 4.21. The predicted octanol–water partition coefficient (Wildman–Crippen LogP) is 2.40. The minimum absolute atomic E-state index is 0.328. The zero-order valence-electron chi connectivity index (χ0n) is 13.7. The van der Waals surface area contributed by atoms with E-state index in [0.29, 0.717) is 17.5 Å². The van der Waals surface area contributed by atoms with E-state index in [1.165, 1.54) is 5.72 Å². The number of rotatable bonds is 4. The highest BCUT2D eigenvalue weighted by Gasteiger charge is 2.37. The van der Waals surface area contributed by atoms with E-state index >= 15 is 0 Å². The molecular weight excluding hydrogens is 235 g/mol. The van der Waals surface area contributed by atoms with Crippen molar-refractivity contribution in [3.05, 3.63) is 12.4 Å². The van der Waals surface area contributed by atoms with Crippen LogP contribution in [-0.4, -0.2) is 18.8 Å². The first-order valence-electron chi connectivity index (χ1n) is 7.00. The summed E-state index contributed by atoms with van der Waals surface area (Å²) in [6.45, 7) is 17.1. The van der Waals surface area contributed by atoms with Crippen LogP contribution in [0.25, 0.3) is 0 Å². The second-order valence-electron chi connectivity index (χ2n) is 7.65. The van der Waals surface area contributed by atoms with Gasteiger partial charge < -0.3 is 0 Å². The molecule has 0 unspecified atom stereocenters. The maximum Gasteiger partial charge on any atom is 0.126 e. The fourth-order valence-electron chi connectivity index (χ4n) is 3.18. The summed E-state index contributed by atoms with van der Waals surface area (Å²) >= 11 is 0. The van der Waals surface area contributed by atoms with Crippen LogP contribution in [0.2, 0.25) is 25.0 Å². The lowest BCUT2D eigenvalue weighted by Crippen LogP contribution is -2.68. The van der Waals surface area contributed by atoms with Crippen molar-refractivity contribution < 1.29 is 4.57 Å². The van der Waals surface area contributed by atoms with Gasteiger partial charge in [-0.25, -0.2) is 0 Å². The van der Waals surface area contributed by atoms with Gasteiger partial charge in [-0.05, 0) is 0 Å². The summed E-state index contributed by atoms with van der Waals surface area (Å²) in [5.41, 5.74) is 1.48. The molecule has 18 heavy (non-hydrogen) atoms. The van der Waals surface area contributed by atoms with Crippen molar-refractivity contribution in [3.63, 3.8) is 0 Å². The summed E-state index contributed by atoms with van der Waals surface area (Å²) in [7, 11) is 3.07. The summed E-state index contributed by atoms with van der Waals surface area (Å²) in [5, 5.41) is 0.328. The standard InChI is InChI=1S/C14H30BN2Si/c1-12(2)14(3,4)15(18(7,8)9)13-16(5)10-11-17(13)6/h10-12H,1-9H3. The van der Waals surface area contributed by atoms with Crippen LogP contribution in [0.5, 0.6) is 0 Å². The molecule has 0 fully saturated rings. The Labute approximate surface area is 114 Å². The molecule has 0 spiro atoms. The molecular formula is C14H30BN2Si. The molecule has 0 N–H and O–H groups in total. The van der Waals surface area contributed by atoms with Crippen molar-refractivity contribution >= 4 is 20.0 Å². The Morgan fingerprint density at radius 3 is 2.06 bits per heavy atom. The number of aryl methyl sites for hydroxylation is 2. The van der Waals surface area contributed by atoms with Gasteiger partial charge >= 0.3 is 0 Å². The zero-order chi connectivity index (χ0) is 14.3. The summed E-state index contributed by atoms with van der Waals surface area (Å²) in [6.07, 6.45) is 5.02. The average Bonchev–Trinajstić information content (AvgIpc) is 2.47. The molecule has 0 aromatic carbocycles. The molecule has 1 heterocycles. The van der Waals surface area contributed by atoms with Gasteiger partial charge in [0.1, 0.15) is 12.4 Å². The fraction of sp³-hybridized carbons (Fsp3) is 0.786. The Morgan fingerprint density at radius 1 is 1.28 bits per heavy atom. The van der Waals surface area contributed by atoms with Gasteiger partial charge in [0.25, 0.3) is 0 Å². The SMILES string of the molecule is CC(C)C(C)(C)[B-](c1n(C)cc[n+]1C)[Si](C)(C)C. The molecule has 2 nitrogen and oxygen atoms in total. The molecule has 1 aromatic rings. The van der Waals surface area contributed by atoms with E-state index in [1.807, 2.05) is 0 Å². The molecule has 1 rings (SSSR count). The summed E-state index contributed by atoms with van der Waals surface area (Å²) in [4.78, 5) is 0. The molecule has 1 radical (unpaired) electrons. The molecule has 0 saturated heterocycles. The van der Waals surface area contributed by atoms with Crippen molar-refractivity contribution in [2.24, 2.45) is 20.0 Å². The highest BCUT2D eigenvalue weighted by molar-refractivity contribution is 7.36. The van der Waals surface area contributed by atoms with Crippen LogP contribution < -0.4 is 10.3 Å². The topological polar surface area (TPSA) is 8.81 Å². The third-order valence-electron chi connectivity index (χ3n) is 4.59. The van der Waals surface area contributed by atoms with Crippen LogP contribution in [0, 0.1) is 5.92 Å². The largest absolute Gasteiger partial charge is 0.277 e. The zero-order valence-corrected chi connectivity index (χ0v) is 14.7. The van der Waals surface area contributed by atoms with Crippen LogP contribution in [0.1, 0.15) is 27.7 Å². The second kappa shape index (κ2) is 4.88. The normalized spacial score (nSPS) is 13.7. The molecule has 4 heteroatoms. The van der Waals surface area contributed by atoms with Gasteiger partial charge in [-0.1, -0.05) is 33.6 Å². The van der Waals surface area contributed by atoms with E-state index in [2.05, 4.69) is 83.0 Å². The van der Waals surface area contributed by atoms with Crippen LogP contribution in [-0.2, 0) is 14.1 Å². The first-order valence-corrected chi connectivity index (χ1v) is 10.6. The van der Waals surface area contributed by atoms with Crippen molar-refractivity contribution in [2.45, 2.75) is 52.7 Å². The van der Waals surface area contributed by atoms with E-state index in [-0.39, 0.29) is 0 Å². The fourth-order valence-corrected chi connectivity index (χ4v) is 6.93. The first kappa shape index (κ1) is 15.5. The quantitative estimate of drug-likeness (QED) is 0.584. The van der Waals surface area contributed by atoms with Crippen molar-refractivity contribution in [2.75, 3.05) is 0 Å². The van der Waals surface area contributed by atoms with Gasteiger partial charge in [-0.3, -0.25) is 9.13 Å². The summed E-state index contributed by atoms with van der Waals surface area (Å²) < 4.78 is 4.63. The lowest BCUT2D eigenvalue weighted by Gasteiger charge is -2.52. The lowest BCUT2D eigenvalue weighted by molar-refractivity contribution is -0.653. The van der Waals surface area contributed by atoms with Crippen LogP contribution in [0.4, 0.5) is 0 Å².